The van der Waals surface area contributed by atoms with Crippen LogP contribution in [0.1, 0.15) is 20.3 Å². The predicted octanol–water partition coefficient (Wildman–Crippen LogP) is 2.21. The third kappa shape index (κ3) is 8.46. The number of hydrogen-bond donors (Lipinski definition) is 0. The minimum absolute atomic E-state index is 0.231. The minimum atomic E-state index is 0.231. The van der Waals surface area contributed by atoms with E-state index in [0.29, 0.717) is 5.78 Å². The van der Waals surface area contributed by atoms with Crippen LogP contribution < -0.4 is 0 Å². The van der Waals surface area contributed by atoms with Crippen molar-refractivity contribution in [3.8, 4) is 0 Å². The molecule has 3 heteroatoms. The number of alkyl halides is 1. The number of carbonyl (C=O) groups excluding carboxylic acids is 1. The maximum absolute atomic E-state index is 10.9. The van der Waals surface area contributed by atoms with Crippen molar-refractivity contribution in [1.82, 2.24) is 4.90 Å². The summed E-state index contributed by atoms with van der Waals surface area (Å²) in [7, 11) is 3.98. The van der Waals surface area contributed by atoms with Crippen molar-refractivity contribution < 1.29 is 4.79 Å². The molecule has 0 aromatic rings. The molecule has 0 fully saturated rings. The molecule has 0 aliphatic heterocycles. The molecule has 0 aliphatic rings. The highest BCUT2D eigenvalue weighted by Gasteiger charge is 2.11. The van der Waals surface area contributed by atoms with Gasteiger partial charge in [-0.2, -0.15) is 0 Å². The van der Waals surface area contributed by atoms with Crippen molar-refractivity contribution in [2.24, 2.45) is 5.92 Å². The Kier molecular flexibility index (Phi) is 11.7. The molecule has 0 radical (unpaired) electrons. The van der Waals surface area contributed by atoms with Gasteiger partial charge in [0.15, 0.2) is 0 Å². The van der Waals surface area contributed by atoms with Gasteiger partial charge in [0.2, 0.25) is 0 Å². The van der Waals surface area contributed by atoms with Gasteiger partial charge in [-0.05, 0) is 32.4 Å². The Labute approximate surface area is 89.8 Å². The standard InChI is InChI=1S/C8H17NO.CH3I/c1-5-8(7(2)10)6-9(3)4;1-2/h8H,5-6H2,1-4H3;1H3. The lowest BCUT2D eigenvalue weighted by molar-refractivity contribution is -0.121. The Hall–Kier alpha value is 0.360. The SMILES string of the molecule is CCC(CN(C)C)C(C)=O.CI. The number of rotatable bonds is 4. The molecule has 1 atom stereocenters. The van der Waals surface area contributed by atoms with Crippen LogP contribution in [0.2, 0.25) is 0 Å². The molecule has 2 nitrogen and oxygen atoms in total. The average Bonchev–Trinajstić information content (AvgIpc) is 2.03. The molecule has 0 aromatic carbocycles. The summed E-state index contributed by atoms with van der Waals surface area (Å²) in [5.74, 6) is 0.534. The molecular weight excluding hydrogens is 265 g/mol. The first-order chi connectivity index (χ1) is 5.57. The van der Waals surface area contributed by atoms with Crippen LogP contribution in [-0.4, -0.2) is 36.3 Å². The van der Waals surface area contributed by atoms with E-state index in [4.69, 9.17) is 0 Å². The van der Waals surface area contributed by atoms with E-state index in [1.54, 1.807) is 6.92 Å². The van der Waals surface area contributed by atoms with E-state index in [1.807, 2.05) is 19.0 Å². The molecule has 0 rings (SSSR count). The molecule has 1 unspecified atom stereocenters. The van der Waals surface area contributed by atoms with Gasteiger partial charge in [-0.1, -0.05) is 29.5 Å². The van der Waals surface area contributed by atoms with Crippen molar-refractivity contribution in [2.75, 3.05) is 25.6 Å². The van der Waals surface area contributed by atoms with Gasteiger partial charge in [0.05, 0.1) is 0 Å². The molecule has 0 aromatic heterocycles. The molecule has 0 N–H and O–H groups in total. The number of hydrogen-bond acceptors (Lipinski definition) is 2. The normalized spacial score (nSPS) is 11.9. The zero-order valence-electron chi connectivity index (χ0n) is 8.72. The minimum Gasteiger partial charge on any atom is -0.309 e. The van der Waals surface area contributed by atoms with Crippen LogP contribution in [0.3, 0.4) is 0 Å². The molecular formula is C9H20INO. The topological polar surface area (TPSA) is 20.3 Å². The van der Waals surface area contributed by atoms with E-state index in [-0.39, 0.29) is 5.92 Å². The number of halogens is 1. The fourth-order valence-electron chi connectivity index (χ4n) is 0.986. The summed E-state index contributed by atoms with van der Waals surface area (Å²) in [5.41, 5.74) is 0. The summed E-state index contributed by atoms with van der Waals surface area (Å²) in [4.78, 5) is 14.9. The lowest BCUT2D eigenvalue weighted by Gasteiger charge is -2.16. The Bertz CT molecular complexity index is 115. The molecule has 12 heavy (non-hydrogen) atoms. The predicted molar refractivity (Wildman–Crippen MR) is 63.0 cm³/mol. The maximum atomic E-state index is 10.9. The van der Waals surface area contributed by atoms with Crippen molar-refractivity contribution in [3.05, 3.63) is 0 Å². The monoisotopic (exact) mass is 285 g/mol. The second kappa shape index (κ2) is 9.45. The first-order valence-corrected chi connectivity index (χ1v) is 6.26. The van der Waals surface area contributed by atoms with Crippen LogP contribution in [-0.2, 0) is 4.79 Å². The molecule has 0 saturated carbocycles. The van der Waals surface area contributed by atoms with Crippen LogP contribution in [0.15, 0.2) is 0 Å². The lowest BCUT2D eigenvalue weighted by atomic mass is 10.0. The average molecular weight is 285 g/mol. The van der Waals surface area contributed by atoms with Gasteiger partial charge in [0, 0.05) is 12.5 Å². The quantitative estimate of drug-likeness (QED) is 0.583. The fourth-order valence-corrected chi connectivity index (χ4v) is 0.986. The third-order valence-corrected chi connectivity index (χ3v) is 1.65. The summed E-state index contributed by atoms with van der Waals surface area (Å²) in [6, 6.07) is 0. The summed E-state index contributed by atoms with van der Waals surface area (Å²) in [6.45, 7) is 4.60. The van der Waals surface area contributed by atoms with Gasteiger partial charge >= 0.3 is 0 Å². The lowest BCUT2D eigenvalue weighted by Crippen LogP contribution is -2.25. The third-order valence-electron chi connectivity index (χ3n) is 1.65. The Morgan fingerprint density at radius 2 is 1.83 bits per heavy atom. The maximum Gasteiger partial charge on any atom is 0.134 e. The highest BCUT2D eigenvalue weighted by molar-refractivity contribution is 14.1. The summed E-state index contributed by atoms with van der Waals surface area (Å²) in [6.07, 6.45) is 0.952. The number of nitrogens with zero attached hydrogens (tertiary/aromatic N) is 1. The summed E-state index contributed by atoms with van der Waals surface area (Å²) >= 11 is 2.15. The smallest absolute Gasteiger partial charge is 0.134 e. The zero-order chi connectivity index (χ0) is 10.1. The highest BCUT2D eigenvalue weighted by Crippen LogP contribution is 2.03. The van der Waals surface area contributed by atoms with E-state index in [2.05, 4.69) is 34.4 Å². The van der Waals surface area contributed by atoms with Crippen LogP contribution >= 0.6 is 22.6 Å². The van der Waals surface area contributed by atoms with E-state index < -0.39 is 0 Å². The first-order valence-electron chi connectivity index (χ1n) is 4.11. The molecule has 0 aliphatic carbocycles. The number of ketones is 1. The second-order valence-corrected chi connectivity index (χ2v) is 2.98. The van der Waals surface area contributed by atoms with Crippen molar-refractivity contribution in [2.45, 2.75) is 20.3 Å². The van der Waals surface area contributed by atoms with E-state index >= 15 is 0 Å². The Morgan fingerprint density at radius 1 is 1.42 bits per heavy atom. The summed E-state index contributed by atoms with van der Waals surface area (Å²) in [5, 5.41) is 0. The molecule has 74 valence electrons. The van der Waals surface area contributed by atoms with E-state index in [1.165, 1.54) is 0 Å². The highest BCUT2D eigenvalue weighted by atomic mass is 127. The van der Waals surface area contributed by atoms with Crippen molar-refractivity contribution in [1.29, 1.82) is 0 Å². The van der Waals surface area contributed by atoms with Gasteiger partial charge in [0.1, 0.15) is 5.78 Å². The Morgan fingerprint density at radius 3 is 1.92 bits per heavy atom. The molecule has 0 saturated heterocycles. The van der Waals surface area contributed by atoms with Crippen molar-refractivity contribution in [3.63, 3.8) is 0 Å². The van der Waals surface area contributed by atoms with Gasteiger partial charge in [-0.15, -0.1) is 0 Å². The molecule has 0 amide bonds. The van der Waals surface area contributed by atoms with Crippen LogP contribution in [0.5, 0.6) is 0 Å². The van der Waals surface area contributed by atoms with Crippen LogP contribution in [0.25, 0.3) is 0 Å². The first kappa shape index (κ1) is 14.9. The number of Topliss-reactive ketones (excluding diaryl/α,β-unsaturated/α-hetero) is 1. The largest absolute Gasteiger partial charge is 0.309 e. The van der Waals surface area contributed by atoms with Crippen molar-refractivity contribution >= 4 is 28.4 Å². The molecule has 0 heterocycles. The van der Waals surface area contributed by atoms with Gasteiger partial charge in [-0.25, -0.2) is 0 Å². The van der Waals surface area contributed by atoms with Gasteiger partial charge in [0.25, 0.3) is 0 Å². The molecule has 0 spiro atoms. The second-order valence-electron chi connectivity index (χ2n) is 2.98. The van der Waals surface area contributed by atoms with E-state index in [0.717, 1.165) is 13.0 Å². The zero-order valence-corrected chi connectivity index (χ0v) is 10.9. The Balaban J connectivity index is 0. The van der Waals surface area contributed by atoms with Crippen LogP contribution in [0, 0.1) is 5.92 Å². The molecule has 0 bridgehead atoms. The summed E-state index contributed by atoms with van der Waals surface area (Å²) < 4.78 is 0. The number of carbonyl (C=O) groups is 1. The van der Waals surface area contributed by atoms with E-state index in [9.17, 15) is 4.79 Å². The fraction of sp³-hybridized carbons (Fsp3) is 0.889. The van der Waals surface area contributed by atoms with Gasteiger partial charge in [-0.3, -0.25) is 4.79 Å². The van der Waals surface area contributed by atoms with Crippen LogP contribution in [0.4, 0.5) is 0 Å². The van der Waals surface area contributed by atoms with Gasteiger partial charge < -0.3 is 4.90 Å².